The Bertz CT molecular complexity index is 498. The predicted molar refractivity (Wildman–Crippen MR) is 75.3 cm³/mol. The molecule has 1 heterocycles. The Kier molecular flexibility index (Phi) is 4.52. The number of nitrogens with one attached hydrogen (secondary N) is 1. The Morgan fingerprint density at radius 2 is 2.06 bits per heavy atom. The van der Waals surface area contributed by atoms with Crippen LogP contribution in [0.25, 0.3) is 10.6 Å². The van der Waals surface area contributed by atoms with Gasteiger partial charge in [-0.15, -0.1) is 10.2 Å². The second kappa shape index (κ2) is 6.35. The molecule has 96 valence electrons. The van der Waals surface area contributed by atoms with E-state index in [9.17, 15) is 0 Å². The van der Waals surface area contributed by atoms with Crippen LogP contribution in [-0.4, -0.2) is 23.3 Å². The van der Waals surface area contributed by atoms with E-state index < -0.39 is 0 Å². The summed E-state index contributed by atoms with van der Waals surface area (Å²) in [7, 11) is 0. The number of aromatic nitrogens is 2. The highest BCUT2D eigenvalue weighted by molar-refractivity contribution is 7.18. The molecule has 0 unspecified atom stereocenters. The van der Waals surface area contributed by atoms with Gasteiger partial charge in [-0.3, -0.25) is 0 Å². The molecular weight excluding hydrogens is 246 g/mol. The maximum atomic E-state index is 5.73. The summed E-state index contributed by atoms with van der Waals surface area (Å²) in [5.74, 6) is 0.874. The Morgan fingerprint density at radius 3 is 2.83 bits per heavy atom. The van der Waals surface area contributed by atoms with Crippen LogP contribution in [0.2, 0.25) is 0 Å². The summed E-state index contributed by atoms with van der Waals surface area (Å²) in [6.07, 6.45) is 0.993. The van der Waals surface area contributed by atoms with Crippen LogP contribution < -0.4 is 10.1 Å². The zero-order chi connectivity index (χ0) is 12.8. The van der Waals surface area contributed by atoms with E-state index in [1.165, 1.54) is 0 Å². The van der Waals surface area contributed by atoms with Crippen molar-refractivity contribution in [2.45, 2.75) is 20.3 Å². The third-order valence-corrected chi connectivity index (χ3v) is 3.25. The minimum Gasteiger partial charge on any atom is -0.493 e. The van der Waals surface area contributed by atoms with Crippen molar-refractivity contribution in [2.24, 2.45) is 0 Å². The number of anilines is 1. The average Bonchev–Trinajstić information content (AvgIpc) is 2.86. The molecule has 0 aliphatic carbocycles. The molecule has 0 saturated heterocycles. The van der Waals surface area contributed by atoms with Gasteiger partial charge >= 0.3 is 0 Å². The molecule has 0 fully saturated rings. The van der Waals surface area contributed by atoms with Crippen molar-refractivity contribution in [1.82, 2.24) is 10.2 Å². The van der Waals surface area contributed by atoms with Crippen molar-refractivity contribution in [3.63, 3.8) is 0 Å². The summed E-state index contributed by atoms with van der Waals surface area (Å²) < 4.78 is 5.73. The summed E-state index contributed by atoms with van der Waals surface area (Å²) in [5.41, 5.74) is 1.01. The summed E-state index contributed by atoms with van der Waals surface area (Å²) >= 11 is 1.54. The highest BCUT2D eigenvalue weighted by Crippen LogP contribution is 2.33. The Labute approximate surface area is 111 Å². The average molecular weight is 263 g/mol. The van der Waals surface area contributed by atoms with E-state index in [1.807, 2.05) is 31.2 Å². The van der Waals surface area contributed by atoms with Crippen LogP contribution in [0.5, 0.6) is 5.75 Å². The van der Waals surface area contributed by atoms with Gasteiger partial charge in [0.2, 0.25) is 5.13 Å². The minimum absolute atomic E-state index is 0.718. The number of ether oxygens (including phenoxy) is 1. The fraction of sp³-hybridized carbons (Fsp3) is 0.385. The summed E-state index contributed by atoms with van der Waals surface area (Å²) in [6, 6.07) is 7.95. The van der Waals surface area contributed by atoms with Gasteiger partial charge in [0, 0.05) is 6.54 Å². The zero-order valence-electron chi connectivity index (χ0n) is 10.6. The van der Waals surface area contributed by atoms with Gasteiger partial charge in [-0.05, 0) is 25.5 Å². The molecule has 0 radical (unpaired) electrons. The maximum Gasteiger partial charge on any atom is 0.205 e. The van der Waals surface area contributed by atoms with Gasteiger partial charge < -0.3 is 10.1 Å². The SMILES string of the molecule is CCCOc1ccccc1-c1nnc(NCC)s1. The first-order chi connectivity index (χ1) is 8.85. The van der Waals surface area contributed by atoms with E-state index in [0.29, 0.717) is 0 Å². The molecule has 2 rings (SSSR count). The first-order valence-electron chi connectivity index (χ1n) is 6.14. The van der Waals surface area contributed by atoms with Gasteiger partial charge in [0.25, 0.3) is 0 Å². The molecule has 0 bridgehead atoms. The number of rotatable bonds is 6. The van der Waals surface area contributed by atoms with Crippen LogP contribution in [-0.2, 0) is 0 Å². The van der Waals surface area contributed by atoms with E-state index in [4.69, 9.17) is 4.74 Å². The lowest BCUT2D eigenvalue weighted by Gasteiger charge is -2.07. The number of hydrogen-bond donors (Lipinski definition) is 1. The highest BCUT2D eigenvalue weighted by Gasteiger charge is 2.11. The van der Waals surface area contributed by atoms with Gasteiger partial charge in [0.05, 0.1) is 12.2 Å². The van der Waals surface area contributed by atoms with Gasteiger partial charge in [-0.1, -0.05) is 30.4 Å². The van der Waals surface area contributed by atoms with Crippen molar-refractivity contribution in [3.8, 4) is 16.3 Å². The lowest BCUT2D eigenvalue weighted by atomic mass is 10.2. The third-order valence-electron chi connectivity index (χ3n) is 2.33. The van der Waals surface area contributed by atoms with Gasteiger partial charge in [-0.2, -0.15) is 0 Å². The van der Waals surface area contributed by atoms with Crippen LogP contribution in [0.4, 0.5) is 5.13 Å². The normalized spacial score (nSPS) is 10.3. The lowest BCUT2D eigenvalue weighted by Crippen LogP contribution is -1.96. The number of hydrogen-bond acceptors (Lipinski definition) is 5. The van der Waals surface area contributed by atoms with E-state index in [-0.39, 0.29) is 0 Å². The van der Waals surface area contributed by atoms with E-state index in [2.05, 4.69) is 22.4 Å². The molecular formula is C13H17N3OS. The quantitative estimate of drug-likeness (QED) is 0.867. The molecule has 0 amide bonds. The van der Waals surface area contributed by atoms with Crippen LogP contribution in [0.1, 0.15) is 20.3 Å². The largest absolute Gasteiger partial charge is 0.493 e. The van der Waals surface area contributed by atoms with E-state index in [0.717, 1.165) is 41.0 Å². The van der Waals surface area contributed by atoms with Crippen molar-refractivity contribution in [2.75, 3.05) is 18.5 Å². The Morgan fingerprint density at radius 1 is 1.22 bits per heavy atom. The maximum absolute atomic E-state index is 5.73. The fourth-order valence-electron chi connectivity index (χ4n) is 1.54. The Balaban J connectivity index is 2.25. The zero-order valence-corrected chi connectivity index (χ0v) is 11.5. The monoisotopic (exact) mass is 263 g/mol. The number of benzene rings is 1. The lowest BCUT2D eigenvalue weighted by molar-refractivity contribution is 0.318. The molecule has 0 spiro atoms. The molecule has 0 aliphatic rings. The summed E-state index contributed by atoms with van der Waals surface area (Å²) in [5, 5.41) is 13.2. The molecule has 1 aromatic carbocycles. The number of nitrogens with zero attached hydrogens (tertiary/aromatic N) is 2. The molecule has 0 atom stereocenters. The van der Waals surface area contributed by atoms with Crippen molar-refractivity contribution in [3.05, 3.63) is 24.3 Å². The smallest absolute Gasteiger partial charge is 0.205 e. The molecule has 0 aliphatic heterocycles. The third kappa shape index (κ3) is 2.98. The van der Waals surface area contributed by atoms with Crippen molar-refractivity contribution >= 4 is 16.5 Å². The van der Waals surface area contributed by atoms with Gasteiger partial charge in [0.1, 0.15) is 5.75 Å². The fourth-order valence-corrected chi connectivity index (χ4v) is 2.38. The molecule has 1 aromatic heterocycles. The molecule has 0 saturated carbocycles. The second-order valence-electron chi connectivity index (χ2n) is 3.79. The predicted octanol–water partition coefficient (Wildman–Crippen LogP) is 3.43. The van der Waals surface area contributed by atoms with Crippen LogP contribution in [0.3, 0.4) is 0 Å². The topological polar surface area (TPSA) is 47.0 Å². The molecule has 2 aromatic rings. The van der Waals surface area contributed by atoms with Crippen molar-refractivity contribution < 1.29 is 4.74 Å². The highest BCUT2D eigenvalue weighted by atomic mass is 32.1. The summed E-state index contributed by atoms with van der Waals surface area (Å²) in [4.78, 5) is 0. The molecule has 5 heteroatoms. The first-order valence-corrected chi connectivity index (χ1v) is 6.96. The van der Waals surface area contributed by atoms with Crippen LogP contribution in [0, 0.1) is 0 Å². The molecule has 18 heavy (non-hydrogen) atoms. The van der Waals surface area contributed by atoms with E-state index in [1.54, 1.807) is 11.3 Å². The molecule has 1 N–H and O–H groups in total. The Hall–Kier alpha value is -1.62. The van der Waals surface area contributed by atoms with Gasteiger partial charge in [0.15, 0.2) is 5.01 Å². The standard InChI is InChI=1S/C13H17N3OS/c1-3-9-17-11-8-6-5-7-10(11)12-15-16-13(18-12)14-4-2/h5-8H,3-4,9H2,1-2H3,(H,14,16). The van der Waals surface area contributed by atoms with Gasteiger partial charge in [-0.25, -0.2) is 0 Å². The number of para-hydroxylation sites is 1. The minimum atomic E-state index is 0.718. The van der Waals surface area contributed by atoms with E-state index >= 15 is 0 Å². The summed E-state index contributed by atoms with van der Waals surface area (Å²) in [6.45, 7) is 5.70. The molecule has 4 nitrogen and oxygen atoms in total. The van der Waals surface area contributed by atoms with Crippen molar-refractivity contribution in [1.29, 1.82) is 0 Å². The van der Waals surface area contributed by atoms with Crippen LogP contribution >= 0.6 is 11.3 Å². The first kappa shape index (κ1) is 12.8. The second-order valence-corrected chi connectivity index (χ2v) is 4.76. The van der Waals surface area contributed by atoms with Crippen LogP contribution in [0.15, 0.2) is 24.3 Å².